The summed E-state index contributed by atoms with van der Waals surface area (Å²) in [6.45, 7) is 2.05. The molecule has 32 heavy (non-hydrogen) atoms. The molecule has 0 saturated heterocycles. The number of ether oxygens (including phenoxy) is 5. The largest absolute Gasteiger partial charge is 0.496 e. The van der Waals surface area contributed by atoms with Gasteiger partial charge in [-0.25, -0.2) is 0 Å². The van der Waals surface area contributed by atoms with Crippen LogP contribution in [0.25, 0.3) is 11.1 Å². The van der Waals surface area contributed by atoms with E-state index < -0.39 is 12.2 Å². The molecule has 0 radical (unpaired) electrons. The number of hydrogen-bond donors (Lipinski definition) is 1. The zero-order valence-corrected chi connectivity index (χ0v) is 19.0. The van der Waals surface area contributed by atoms with E-state index in [4.69, 9.17) is 23.7 Å². The minimum atomic E-state index is -0.771. The molecule has 0 spiro atoms. The second kappa shape index (κ2) is 9.01. The summed E-state index contributed by atoms with van der Waals surface area (Å²) in [6.07, 6.45) is -0.991. The van der Waals surface area contributed by atoms with Gasteiger partial charge in [0.2, 0.25) is 0 Å². The van der Waals surface area contributed by atoms with Crippen molar-refractivity contribution >= 4 is 0 Å². The maximum Gasteiger partial charge on any atom is 0.161 e. The van der Waals surface area contributed by atoms with Crippen molar-refractivity contribution in [3.8, 4) is 39.9 Å². The Morgan fingerprint density at radius 3 is 2.16 bits per heavy atom. The van der Waals surface area contributed by atoms with Crippen LogP contribution in [0.1, 0.15) is 22.8 Å². The van der Waals surface area contributed by atoms with Gasteiger partial charge in [-0.15, -0.1) is 0 Å². The normalized spacial score (nSPS) is 17.2. The Balaban J connectivity index is 1.89. The van der Waals surface area contributed by atoms with Crippen LogP contribution in [0.2, 0.25) is 0 Å². The molecule has 6 nitrogen and oxygen atoms in total. The average molecular weight is 437 g/mol. The summed E-state index contributed by atoms with van der Waals surface area (Å²) in [7, 11) is 6.41. The minimum absolute atomic E-state index is 0.375. The molecule has 168 valence electrons. The molecule has 0 unspecified atom stereocenters. The molecule has 0 saturated carbocycles. The number of aliphatic hydroxyl groups is 1. The summed E-state index contributed by atoms with van der Waals surface area (Å²) >= 11 is 0. The summed E-state index contributed by atoms with van der Waals surface area (Å²) in [5, 5.41) is 11.0. The number of fused-ring (bicyclic) bond motifs is 1. The summed E-state index contributed by atoms with van der Waals surface area (Å²) in [4.78, 5) is 0. The average Bonchev–Trinajstić information content (AvgIpc) is 2.82. The van der Waals surface area contributed by atoms with Gasteiger partial charge in [-0.2, -0.15) is 0 Å². The Bertz CT molecular complexity index is 1120. The van der Waals surface area contributed by atoms with Crippen LogP contribution >= 0.6 is 0 Å². The van der Waals surface area contributed by atoms with Crippen molar-refractivity contribution < 1.29 is 28.8 Å². The molecule has 3 aromatic carbocycles. The van der Waals surface area contributed by atoms with Crippen LogP contribution in [0, 0.1) is 6.92 Å². The van der Waals surface area contributed by atoms with Crippen molar-refractivity contribution in [3.63, 3.8) is 0 Å². The van der Waals surface area contributed by atoms with Gasteiger partial charge in [-0.1, -0.05) is 30.3 Å². The molecule has 1 aliphatic rings. The Morgan fingerprint density at radius 2 is 1.50 bits per heavy atom. The quantitative estimate of drug-likeness (QED) is 0.603. The van der Waals surface area contributed by atoms with E-state index in [1.807, 2.05) is 42.5 Å². The van der Waals surface area contributed by atoms with Crippen LogP contribution in [0.3, 0.4) is 0 Å². The highest BCUT2D eigenvalue weighted by Gasteiger charge is 2.36. The van der Waals surface area contributed by atoms with E-state index in [2.05, 4.69) is 13.0 Å². The van der Waals surface area contributed by atoms with Gasteiger partial charge in [0.1, 0.15) is 23.4 Å². The summed E-state index contributed by atoms with van der Waals surface area (Å²) < 4.78 is 28.7. The molecule has 0 bridgehead atoms. The molecule has 2 atom stereocenters. The van der Waals surface area contributed by atoms with E-state index in [-0.39, 0.29) is 0 Å². The lowest BCUT2D eigenvalue weighted by Crippen LogP contribution is -2.31. The number of aryl methyl sites for hydroxylation is 1. The summed E-state index contributed by atoms with van der Waals surface area (Å²) in [6, 6.07) is 15.5. The van der Waals surface area contributed by atoms with Crippen molar-refractivity contribution in [3.05, 3.63) is 65.2 Å². The van der Waals surface area contributed by atoms with Crippen LogP contribution in [-0.4, -0.2) is 39.6 Å². The Labute approximate surface area is 188 Å². The first-order valence-corrected chi connectivity index (χ1v) is 10.4. The fourth-order valence-corrected chi connectivity index (χ4v) is 4.27. The molecule has 1 heterocycles. The highest BCUT2D eigenvalue weighted by Crippen LogP contribution is 2.51. The minimum Gasteiger partial charge on any atom is -0.496 e. The number of hydrogen-bond acceptors (Lipinski definition) is 6. The van der Waals surface area contributed by atoms with Gasteiger partial charge >= 0.3 is 0 Å². The summed E-state index contributed by atoms with van der Waals surface area (Å²) in [5.74, 6) is 3.12. The first-order valence-electron chi connectivity index (χ1n) is 10.4. The van der Waals surface area contributed by atoms with E-state index >= 15 is 0 Å². The molecular weight excluding hydrogens is 408 g/mol. The maximum absolute atomic E-state index is 11.0. The fraction of sp³-hybridized carbons (Fsp3) is 0.308. The first-order chi connectivity index (χ1) is 15.5. The molecular formula is C26H28O6. The van der Waals surface area contributed by atoms with E-state index in [0.717, 1.165) is 27.8 Å². The van der Waals surface area contributed by atoms with Crippen LogP contribution in [0.15, 0.2) is 48.5 Å². The lowest BCUT2D eigenvalue weighted by Gasteiger charge is -2.34. The highest BCUT2D eigenvalue weighted by atomic mass is 16.5. The van der Waals surface area contributed by atoms with Gasteiger partial charge < -0.3 is 28.8 Å². The van der Waals surface area contributed by atoms with E-state index in [0.29, 0.717) is 35.2 Å². The third kappa shape index (κ3) is 3.71. The SMILES string of the molecule is COc1ccc([C@H]2Oc3c(c(OC)cc(OC)c3-c3ccccc3C)C[C@H]2O)cc1OC. The Morgan fingerprint density at radius 1 is 0.812 bits per heavy atom. The lowest BCUT2D eigenvalue weighted by molar-refractivity contribution is 0.0201. The van der Waals surface area contributed by atoms with Gasteiger partial charge in [-0.05, 0) is 35.7 Å². The lowest BCUT2D eigenvalue weighted by atomic mass is 9.89. The number of rotatable bonds is 6. The standard InChI is InChI=1S/C26H28O6/c1-15-8-6-7-9-17(15)24-23(31-5)14-21(29-3)18-13-19(27)25(32-26(18)24)16-10-11-20(28-2)22(12-16)30-4/h6-12,14,19,25,27H,13H2,1-5H3/t19-,25-/m1/s1. The number of aliphatic hydroxyl groups excluding tert-OH is 1. The zero-order valence-electron chi connectivity index (χ0n) is 19.0. The van der Waals surface area contributed by atoms with Crippen molar-refractivity contribution in [2.45, 2.75) is 25.6 Å². The zero-order chi connectivity index (χ0) is 22.8. The molecule has 1 aliphatic heterocycles. The first kappa shape index (κ1) is 21.8. The van der Waals surface area contributed by atoms with Crippen LogP contribution in [0.4, 0.5) is 0 Å². The van der Waals surface area contributed by atoms with Crippen molar-refractivity contribution in [1.29, 1.82) is 0 Å². The van der Waals surface area contributed by atoms with Gasteiger partial charge in [0, 0.05) is 18.1 Å². The van der Waals surface area contributed by atoms with Crippen molar-refractivity contribution in [2.75, 3.05) is 28.4 Å². The van der Waals surface area contributed by atoms with Crippen LogP contribution in [0.5, 0.6) is 28.7 Å². The topological polar surface area (TPSA) is 66.4 Å². The molecule has 6 heteroatoms. The van der Waals surface area contributed by atoms with Gasteiger partial charge in [-0.3, -0.25) is 0 Å². The molecule has 4 rings (SSSR count). The Hall–Kier alpha value is -3.38. The molecule has 0 amide bonds. The predicted molar refractivity (Wildman–Crippen MR) is 122 cm³/mol. The van der Waals surface area contributed by atoms with Crippen LogP contribution in [-0.2, 0) is 6.42 Å². The molecule has 1 N–H and O–H groups in total. The van der Waals surface area contributed by atoms with Crippen molar-refractivity contribution in [2.24, 2.45) is 0 Å². The van der Waals surface area contributed by atoms with Crippen LogP contribution < -0.4 is 23.7 Å². The number of benzene rings is 3. The van der Waals surface area contributed by atoms with Gasteiger partial charge in [0.05, 0.1) is 40.1 Å². The summed E-state index contributed by atoms with van der Waals surface area (Å²) in [5.41, 5.74) is 4.55. The highest BCUT2D eigenvalue weighted by molar-refractivity contribution is 5.82. The maximum atomic E-state index is 11.0. The molecule has 0 aromatic heterocycles. The molecule has 3 aromatic rings. The fourth-order valence-electron chi connectivity index (χ4n) is 4.27. The predicted octanol–water partition coefficient (Wildman–Crippen LogP) is 4.73. The van der Waals surface area contributed by atoms with Gasteiger partial charge in [0.25, 0.3) is 0 Å². The second-order valence-electron chi connectivity index (χ2n) is 7.70. The monoisotopic (exact) mass is 436 g/mol. The molecule has 0 aliphatic carbocycles. The molecule has 0 fully saturated rings. The Kier molecular flexibility index (Phi) is 6.15. The van der Waals surface area contributed by atoms with Crippen molar-refractivity contribution in [1.82, 2.24) is 0 Å². The number of methoxy groups -OCH3 is 4. The third-order valence-corrected chi connectivity index (χ3v) is 5.91. The van der Waals surface area contributed by atoms with E-state index in [1.54, 1.807) is 28.4 Å². The smallest absolute Gasteiger partial charge is 0.161 e. The second-order valence-corrected chi connectivity index (χ2v) is 7.70. The van der Waals surface area contributed by atoms with E-state index in [9.17, 15) is 5.11 Å². The van der Waals surface area contributed by atoms with Gasteiger partial charge in [0.15, 0.2) is 11.5 Å². The van der Waals surface area contributed by atoms with E-state index in [1.165, 1.54) is 0 Å². The third-order valence-electron chi connectivity index (χ3n) is 5.91.